The molecule has 4 nitrogen and oxygen atoms in total. The zero-order chi connectivity index (χ0) is 19.7. The van der Waals surface area contributed by atoms with Crippen LogP contribution in [0.5, 0.6) is 0 Å². The fourth-order valence-electron chi connectivity index (χ4n) is 3.43. The topological polar surface area (TPSA) is 32.3 Å². The fourth-order valence-corrected chi connectivity index (χ4v) is 3.96. The number of fused-ring (bicyclic) bond motifs is 1. The minimum absolute atomic E-state index is 0.345. The molecule has 2 heterocycles. The molecule has 0 bridgehead atoms. The summed E-state index contributed by atoms with van der Waals surface area (Å²) in [6, 6.07) is 9.96. The highest BCUT2D eigenvalue weighted by Gasteiger charge is 2.21. The summed E-state index contributed by atoms with van der Waals surface area (Å²) >= 11 is 12.6. The maximum absolute atomic E-state index is 14.6. The van der Waals surface area contributed by atoms with Gasteiger partial charge >= 0.3 is 0 Å². The minimum Gasteiger partial charge on any atom is -0.374 e. The van der Waals surface area contributed by atoms with E-state index >= 15 is 0 Å². The van der Waals surface area contributed by atoms with E-state index in [0.717, 1.165) is 26.2 Å². The van der Waals surface area contributed by atoms with Gasteiger partial charge in [-0.05, 0) is 37.4 Å². The van der Waals surface area contributed by atoms with Crippen molar-refractivity contribution >= 4 is 40.1 Å². The van der Waals surface area contributed by atoms with E-state index in [0.29, 0.717) is 38.2 Å². The second kappa shape index (κ2) is 7.94. The van der Waals surface area contributed by atoms with Gasteiger partial charge in [0.1, 0.15) is 5.82 Å². The van der Waals surface area contributed by atoms with Crippen LogP contribution >= 0.6 is 23.2 Å². The highest BCUT2D eigenvalue weighted by Crippen LogP contribution is 2.35. The number of anilines is 1. The third kappa shape index (κ3) is 3.64. The van der Waals surface area contributed by atoms with Crippen LogP contribution in [0.4, 0.5) is 10.3 Å². The van der Waals surface area contributed by atoms with Crippen LogP contribution in [0.3, 0.4) is 0 Å². The second-order valence-electron chi connectivity index (χ2n) is 6.64. The van der Waals surface area contributed by atoms with Crippen LogP contribution in [-0.2, 0) is 0 Å². The van der Waals surface area contributed by atoms with Crippen molar-refractivity contribution in [2.75, 3.05) is 31.1 Å². The molecule has 0 atom stereocenters. The van der Waals surface area contributed by atoms with E-state index in [4.69, 9.17) is 33.2 Å². The number of aromatic nitrogens is 2. The van der Waals surface area contributed by atoms with Gasteiger partial charge in [0.2, 0.25) is 5.95 Å². The van der Waals surface area contributed by atoms with E-state index < -0.39 is 0 Å². The average Bonchev–Trinajstić information content (AvgIpc) is 2.69. The first-order chi connectivity index (χ1) is 13.6. The number of halogens is 3. The van der Waals surface area contributed by atoms with Gasteiger partial charge in [-0.25, -0.2) is 14.4 Å². The average molecular weight is 417 g/mol. The Morgan fingerprint density at radius 1 is 1.04 bits per heavy atom. The molecule has 4 rings (SSSR count). The smallest absolute Gasteiger partial charge is 0.226 e. The molecule has 0 N–H and O–H groups in total. The van der Waals surface area contributed by atoms with Crippen LogP contribution in [0.2, 0.25) is 10.0 Å². The van der Waals surface area contributed by atoms with Crippen molar-refractivity contribution in [2.24, 2.45) is 0 Å². The number of allylic oxidation sites excluding steroid dienone is 1. The Hall–Kier alpha value is -2.37. The number of hydrogen-bond acceptors (Lipinski definition) is 4. The zero-order valence-corrected chi connectivity index (χ0v) is 16.9. The van der Waals surface area contributed by atoms with Gasteiger partial charge in [0, 0.05) is 42.2 Å². The molecule has 2 aromatic carbocycles. The molecule has 144 valence electrons. The number of rotatable bonds is 3. The Balaban J connectivity index is 1.84. The van der Waals surface area contributed by atoms with Gasteiger partial charge in [-0.2, -0.15) is 0 Å². The van der Waals surface area contributed by atoms with E-state index in [9.17, 15) is 4.39 Å². The third-order valence-corrected chi connectivity index (χ3v) is 5.30. The molecular formula is C21H19Cl2FN4. The summed E-state index contributed by atoms with van der Waals surface area (Å²) in [6.45, 7) is 5.30. The molecule has 0 saturated carbocycles. The molecule has 1 aromatic heterocycles. The summed E-state index contributed by atoms with van der Waals surface area (Å²) in [6.07, 6.45) is 4.12. The molecule has 0 amide bonds. The van der Waals surface area contributed by atoms with Crippen LogP contribution in [0.15, 0.2) is 48.7 Å². The monoisotopic (exact) mass is 416 g/mol. The van der Waals surface area contributed by atoms with Crippen LogP contribution < -0.4 is 4.90 Å². The van der Waals surface area contributed by atoms with Crippen LogP contribution in [0.1, 0.15) is 6.92 Å². The molecule has 1 aliphatic rings. The summed E-state index contributed by atoms with van der Waals surface area (Å²) < 4.78 is 14.6. The van der Waals surface area contributed by atoms with E-state index in [1.807, 2.05) is 13.0 Å². The summed E-state index contributed by atoms with van der Waals surface area (Å²) in [4.78, 5) is 13.8. The third-order valence-electron chi connectivity index (χ3n) is 4.79. The summed E-state index contributed by atoms with van der Waals surface area (Å²) in [5, 5.41) is 1.53. The van der Waals surface area contributed by atoms with Gasteiger partial charge in [-0.3, -0.25) is 0 Å². The van der Waals surface area contributed by atoms with Gasteiger partial charge in [0.05, 0.1) is 16.2 Å². The largest absolute Gasteiger partial charge is 0.374 e. The molecule has 0 spiro atoms. The summed E-state index contributed by atoms with van der Waals surface area (Å²) in [7, 11) is 0. The highest BCUT2D eigenvalue weighted by atomic mass is 35.5. The SMILES string of the molecule is CC=CN1CCN(c2nc(-c3ccccc3F)c3cc(Cl)cc(Cl)c3n2)CC1. The van der Waals surface area contributed by atoms with Gasteiger partial charge < -0.3 is 9.80 Å². The Morgan fingerprint density at radius 3 is 2.50 bits per heavy atom. The first-order valence-electron chi connectivity index (χ1n) is 9.10. The Bertz CT molecular complexity index is 1050. The number of piperazine rings is 1. The molecule has 3 aromatic rings. The molecule has 1 aliphatic heterocycles. The quantitative estimate of drug-likeness (QED) is 0.572. The van der Waals surface area contributed by atoms with Crippen molar-refractivity contribution < 1.29 is 4.39 Å². The van der Waals surface area contributed by atoms with Crippen molar-refractivity contribution in [3.63, 3.8) is 0 Å². The molecule has 1 fully saturated rings. The van der Waals surface area contributed by atoms with Gasteiger partial charge in [-0.1, -0.05) is 41.4 Å². The molecule has 28 heavy (non-hydrogen) atoms. The van der Waals surface area contributed by atoms with Crippen molar-refractivity contribution in [2.45, 2.75) is 6.92 Å². The minimum atomic E-state index is -0.345. The van der Waals surface area contributed by atoms with E-state index in [1.165, 1.54) is 6.07 Å². The van der Waals surface area contributed by atoms with E-state index in [1.54, 1.807) is 30.3 Å². The van der Waals surface area contributed by atoms with E-state index in [2.05, 4.69) is 16.0 Å². The lowest BCUT2D eigenvalue weighted by Gasteiger charge is -2.34. The van der Waals surface area contributed by atoms with E-state index in [-0.39, 0.29) is 5.82 Å². The number of hydrogen-bond donors (Lipinski definition) is 0. The van der Waals surface area contributed by atoms with Crippen molar-refractivity contribution in [3.05, 3.63) is 64.5 Å². The lowest BCUT2D eigenvalue weighted by molar-refractivity contribution is 0.346. The molecule has 0 aliphatic carbocycles. The Labute approximate surface area is 173 Å². The van der Waals surface area contributed by atoms with Gasteiger partial charge in [0.25, 0.3) is 0 Å². The van der Waals surface area contributed by atoms with Crippen molar-refractivity contribution in [1.82, 2.24) is 14.9 Å². The van der Waals surface area contributed by atoms with Gasteiger partial charge in [0.15, 0.2) is 0 Å². The lowest BCUT2D eigenvalue weighted by atomic mass is 10.1. The molecule has 7 heteroatoms. The Kier molecular flexibility index (Phi) is 5.38. The van der Waals surface area contributed by atoms with Gasteiger partial charge in [-0.15, -0.1) is 0 Å². The predicted molar refractivity (Wildman–Crippen MR) is 114 cm³/mol. The predicted octanol–water partition coefficient (Wildman–Crippen LogP) is 5.40. The fraction of sp³-hybridized carbons (Fsp3) is 0.238. The standard InChI is InChI=1S/C21H19Cl2FN4/c1-2-7-27-8-10-28(11-9-27)21-25-19(15-5-3-4-6-18(15)24)16-12-14(22)13-17(23)20(16)26-21/h2-7,12-13H,8-11H2,1H3. The number of benzene rings is 2. The first kappa shape index (κ1) is 19.0. The summed E-state index contributed by atoms with van der Waals surface area (Å²) in [5.74, 6) is 0.206. The molecule has 1 saturated heterocycles. The zero-order valence-electron chi connectivity index (χ0n) is 15.4. The summed E-state index contributed by atoms with van der Waals surface area (Å²) in [5.41, 5.74) is 1.48. The second-order valence-corrected chi connectivity index (χ2v) is 7.48. The normalized spacial score (nSPS) is 15.0. The number of nitrogens with zero attached hydrogens (tertiary/aromatic N) is 4. The van der Waals surface area contributed by atoms with Crippen molar-refractivity contribution in [3.8, 4) is 11.3 Å². The molecular weight excluding hydrogens is 398 g/mol. The maximum atomic E-state index is 14.6. The molecule has 0 radical (unpaired) electrons. The van der Waals surface area contributed by atoms with Crippen LogP contribution in [0.25, 0.3) is 22.2 Å². The van der Waals surface area contributed by atoms with Crippen molar-refractivity contribution in [1.29, 1.82) is 0 Å². The van der Waals surface area contributed by atoms with Crippen LogP contribution in [-0.4, -0.2) is 41.0 Å². The first-order valence-corrected chi connectivity index (χ1v) is 9.86. The molecule has 0 unspecified atom stereocenters. The highest BCUT2D eigenvalue weighted by molar-refractivity contribution is 6.38. The Morgan fingerprint density at radius 2 is 1.79 bits per heavy atom. The maximum Gasteiger partial charge on any atom is 0.226 e. The van der Waals surface area contributed by atoms with Crippen LogP contribution in [0, 0.1) is 5.82 Å². The lowest BCUT2D eigenvalue weighted by Crippen LogP contribution is -2.44.